The van der Waals surface area contributed by atoms with Crippen LogP contribution >= 0.6 is 0 Å². The van der Waals surface area contributed by atoms with Gasteiger partial charge in [-0.3, -0.25) is 19.4 Å². The van der Waals surface area contributed by atoms with Crippen molar-refractivity contribution in [1.29, 1.82) is 0 Å². The van der Waals surface area contributed by atoms with Gasteiger partial charge >= 0.3 is 5.97 Å². The maximum Gasteiger partial charge on any atom is 0.325 e. The molecule has 1 aliphatic heterocycles. The minimum Gasteiger partial charge on any atom is -0.457 e. The zero-order valence-electron chi connectivity index (χ0n) is 17.5. The molecular formula is C20H34N4O4. The number of hydrogen-bond acceptors (Lipinski definition) is 6. The zero-order valence-corrected chi connectivity index (χ0v) is 17.5. The summed E-state index contributed by atoms with van der Waals surface area (Å²) in [7, 11) is 0. The Hall–Kier alpha value is -2.19. The number of rotatable bonds is 8. The molecule has 28 heavy (non-hydrogen) atoms. The van der Waals surface area contributed by atoms with E-state index >= 15 is 0 Å². The second-order valence-electron chi connectivity index (χ2n) is 7.39. The van der Waals surface area contributed by atoms with Crippen molar-refractivity contribution in [3.05, 3.63) is 24.3 Å². The van der Waals surface area contributed by atoms with E-state index in [2.05, 4.69) is 17.3 Å². The van der Waals surface area contributed by atoms with Gasteiger partial charge in [-0.1, -0.05) is 32.6 Å². The van der Waals surface area contributed by atoms with Crippen LogP contribution in [0, 0.1) is 5.92 Å². The van der Waals surface area contributed by atoms with Crippen molar-refractivity contribution >= 4 is 17.8 Å². The molecular weight excluding hydrogens is 360 g/mol. The molecule has 0 spiro atoms. The summed E-state index contributed by atoms with van der Waals surface area (Å²) >= 11 is 0. The highest BCUT2D eigenvalue weighted by molar-refractivity contribution is 5.89. The average molecular weight is 395 g/mol. The van der Waals surface area contributed by atoms with E-state index in [0.29, 0.717) is 19.4 Å². The summed E-state index contributed by atoms with van der Waals surface area (Å²) in [5, 5.41) is 4.01. The molecule has 8 heteroatoms. The molecule has 4 atom stereocenters. The molecule has 0 saturated carbocycles. The van der Waals surface area contributed by atoms with E-state index in [1.807, 2.05) is 26.8 Å². The number of carbonyl (C=O) groups is 3. The lowest BCUT2D eigenvalue weighted by Gasteiger charge is -2.35. The van der Waals surface area contributed by atoms with Crippen LogP contribution in [-0.2, 0) is 19.1 Å². The van der Waals surface area contributed by atoms with Gasteiger partial charge in [0.1, 0.15) is 18.2 Å². The van der Waals surface area contributed by atoms with E-state index in [4.69, 9.17) is 10.5 Å². The molecule has 0 aliphatic carbocycles. The maximum atomic E-state index is 12.7. The number of hydrazine groups is 1. The smallest absolute Gasteiger partial charge is 0.325 e. The molecule has 0 bridgehead atoms. The number of ether oxygens (including phenoxy) is 1. The van der Waals surface area contributed by atoms with Crippen molar-refractivity contribution in [2.45, 2.75) is 71.7 Å². The van der Waals surface area contributed by atoms with Crippen LogP contribution in [0.3, 0.4) is 0 Å². The molecule has 1 saturated heterocycles. The second-order valence-corrected chi connectivity index (χ2v) is 7.39. The Balaban J connectivity index is 2.66. The first-order valence-corrected chi connectivity index (χ1v) is 9.74. The fourth-order valence-corrected chi connectivity index (χ4v) is 2.87. The molecule has 0 aromatic rings. The largest absolute Gasteiger partial charge is 0.457 e. The zero-order chi connectivity index (χ0) is 21.4. The minimum absolute atomic E-state index is 0.0332. The summed E-state index contributed by atoms with van der Waals surface area (Å²) in [6.45, 7) is 13.0. The monoisotopic (exact) mass is 394 g/mol. The highest BCUT2D eigenvalue weighted by atomic mass is 16.5. The van der Waals surface area contributed by atoms with E-state index < -0.39 is 30.2 Å². The molecule has 1 aliphatic rings. The number of carbonyl (C=O) groups excluding carboxylic acids is 3. The van der Waals surface area contributed by atoms with Gasteiger partial charge in [-0.15, -0.1) is 0 Å². The average Bonchev–Trinajstić information content (AvgIpc) is 2.67. The first kappa shape index (κ1) is 23.8. The van der Waals surface area contributed by atoms with Gasteiger partial charge in [-0.05, 0) is 45.1 Å². The van der Waals surface area contributed by atoms with Crippen LogP contribution in [0.15, 0.2) is 24.3 Å². The van der Waals surface area contributed by atoms with Gasteiger partial charge in [0.25, 0.3) is 5.91 Å². The Bertz CT molecular complexity index is 617. The Labute approximate surface area is 167 Å². The van der Waals surface area contributed by atoms with Crippen LogP contribution in [0.1, 0.15) is 47.5 Å². The third kappa shape index (κ3) is 6.45. The van der Waals surface area contributed by atoms with Crippen molar-refractivity contribution in [2.75, 3.05) is 6.54 Å². The Kier molecular flexibility index (Phi) is 9.34. The van der Waals surface area contributed by atoms with Gasteiger partial charge in [0.2, 0.25) is 5.91 Å². The standard InChI is InChI=1S/C20H34N4O4/c1-7-15(8-2)14(6)28-20(27)16-10-9-11-24(23-16)19(26)13(5)22-18(25)17(21)12(3)4/h7-8,12-14,16-17,23H,1,9-11,21H2,2-6H3,(H,22,25)/b15-8+/t13-,14+,16?,17-/m0/s1. The summed E-state index contributed by atoms with van der Waals surface area (Å²) in [4.78, 5) is 37.2. The Morgan fingerprint density at radius 2 is 1.93 bits per heavy atom. The fourth-order valence-electron chi connectivity index (χ4n) is 2.87. The predicted octanol–water partition coefficient (Wildman–Crippen LogP) is 1.03. The third-order valence-electron chi connectivity index (χ3n) is 4.82. The first-order valence-electron chi connectivity index (χ1n) is 9.74. The van der Waals surface area contributed by atoms with E-state index in [1.54, 1.807) is 19.9 Å². The van der Waals surface area contributed by atoms with Gasteiger partial charge in [-0.25, -0.2) is 5.43 Å². The molecule has 0 radical (unpaired) electrons. The summed E-state index contributed by atoms with van der Waals surface area (Å²) in [5.41, 5.74) is 9.55. The molecule has 0 aromatic heterocycles. The number of nitrogens with one attached hydrogen (secondary N) is 2. The van der Waals surface area contributed by atoms with Crippen molar-refractivity contribution in [3.63, 3.8) is 0 Å². The highest BCUT2D eigenvalue weighted by Crippen LogP contribution is 2.14. The fraction of sp³-hybridized carbons (Fsp3) is 0.650. The highest BCUT2D eigenvalue weighted by Gasteiger charge is 2.32. The lowest BCUT2D eigenvalue weighted by Crippen LogP contribution is -2.60. The number of nitrogens with two attached hydrogens (primary N) is 1. The molecule has 0 aromatic carbocycles. The molecule has 8 nitrogen and oxygen atoms in total. The molecule has 2 amide bonds. The van der Waals surface area contributed by atoms with Crippen molar-refractivity contribution in [3.8, 4) is 0 Å². The molecule has 1 unspecified atom stereocenters. The van der Waals surface area contributed by atoms with Crippen LogP contribution < -0.4 is 16.5 Å². The van der Waals surface area contributed by atoms with Gasteiger partial charge in [-0.2, -0.15) is 0 Å². The molecule has 158 valence electrons. The third-order valence-corrected chi connectivity index (χ3v) is 4.82. The first-order chi connectivity index (χ1) is 13.1. The Morgan fingerprint density at radius 1 is 1.29 bits per heavy atom. The number of hydrogen-bond donors (Lipinski definition) is 3. The van der Waals surface area contributed by atoms with E-state index in [1.165, 1.54) is 5.01 Å². The topological polar surface area (TPSA) is 114 Å². The van der Waals surface area contributed by atoms with Gasteiger partial charge in [0.15, 0.2) is 0 Å². The van der Waals surface area contributed by atoms with E-state index in [0.717, 1.165) is 5.57 Å². The quantitative estimate of drug-likeness (QED) is 0.419. The summed E-state index contributed by atoms with van der Waals surface area (Å²) in [6.07, 6.45) is 4.28. The van der Waals surface area contributed by atoms with Crippen LogP contribution in [0.25, 0.3) is 0 Å². The number of esters is 1. The molecule has 4 N–H and O–H groups in total. The maximum absolute atomic E-state index is 12.7. The number of nitrogens with zero attached hydrogens (tertiary/aromatic N) is 1. The summed E-state index contributed by atoms with van der Waals surface area (Å²) in [6, 6.07) is -2.06. The lowest BCUT2D eigenvalue weighted by atomic mass is 10.0. The SMILES string of the molecule is C=C/C(=C\C)[C@@H](C)OC(=O)C1CCCN(C(=O)[C@H](C)NC(=O)[C@@H](N)C(C)C)N1. The summed E-state index contributed by atoms with van der Waals surface area (Å²) in [5.74, 6) is -1.16. The van der Waals surface area contributed by atoms with Crippen molar-refractivity contribution in [1.82, 2.24) is 15.8 Å². The van der Waals surface area contributed by atoms with Crippen LogP contribution in [0.2, 0.25) is 0 Å². The molecule has 1 fully saturated rings. The molecule has 1 heterocycles. The lowest BCUT2D eigenvalue weighted by molar-refractivity contribution is -0.155. The van der Waals surface area contributed by atoms with E-state index in [-0.39, 0.29) is 17.7 Å². The second kappa shape index (κ2) is 11.0. The van der Waals surface area contributed by atoms with Crippen molar-refractivity contribution < 1.29 is 19.1 Å². The van der Waals surface area contributed by atoms with Crippen molar-refractivity contribution in [2.24, 2.45) is 11.7 Å². The molecule has 1 rings (SSSR count). The van der Waals surface area contributed by atoms with Gasteiger partial charge < -0.3 is 15.8 Å². The van der Waals surface area contributed by atoms with Crippen LogP contribution in [0.4, 0.5) is 0 Å². The predicted molar refractivity (Wildman–Crippen MR) is 108 cm³/mol. The van der Waals surface area contributed by atoms with Gasteiger partial charge in [0.05, 0.1) is 6.04 Å². The summed E-state index contributed by atoms with van der Waals surface area (Å²) < 4.78 is 5.48. The van der Waals surface area contributed by atoms with E-state index in [9.17, 15) is 14.4 Å². The van der Waals surface area contributed by atoms with Crippen LogP contribution in [-0.4, -0.2) is 53.6 Å². The number of allylic oxidation sites excluding steroid dienone is 1. The normalized spacial score (nSPS) is 20.9. The van der Waals surface area contributed by atoms with Gasteiger partial charge in [0, 0.05) is 6.54 Å². The Morgan fingerprint density at radius 3 is 2.46 bits per heavy atom. The number of amides is 2. The van der Waals surface area contributed by atoms with Crippen LogP contribution in [0.5, 0.6) is 0 Å². The minimum atomic E-state index is -0.756.